The van der Waals surface area contributed by atoms with Gasteiger partial charge >= 0.3 is 5.97 Å². The lowest BCUT2D eigenvalue weighted by molar-refractivity contribution is 0.0600. The molecule has 21 heavy (non-hydrogen) atoms. The SMILES string of the molecule is COC(=O)c1ccc(CN[C@H](C)c2ccc(F)cc2)nc1. The first-order valence-electron chi connectivity index (χ1n) is 6.62. The number of nitrogens with one attached hydrogen (secondary N) is 1. The fraction of sp³-hybridized carbons (Fsp3) is 0.250. The molecular formula is C16H17FN2O2. The predicted molar refractivity (Wildman–Crippen MR) is 77.2 cm³/mol. The minimum Gasteiger partial charge on any atom is -0.465 e. The van der Waals surface area contributed by atoms with E-state index in [9.17, 15) is 9.18 Å². The maximum absolute atomic E-state index is 12.9. The summed E-state index contributed by atoms with van der Waals surface area (Å²) >= 11 is 0. The van der Waals surface area contributed by atoms with E-state index in [1.807, 2.05) is 6.92 Å². The average molecular weight is 288 g/mol. The van der Waals surface area contributed by atoms with Gasteiger partial charge in [-0.05, 0) is 36.8 Å². The highest BCUT2D eigenvalue weighted by Gasteiger charge is 2.07. The maximum Gasteiger partial charge on any atom is 0.339 e. The number of carbonyl (C=O) groups excluding carboxylic acids is 1. The van der Waals surface area contributed by atoms with Crippen molar-refractivity contribution in [2.24, 2.45) is 0 Å². The molecule has 2 aromatic rings. The van der Waals surface area contributed by atoms with E-state index in [2.05, 4.69) is 15.0 Å². The van der Waals surface area contributed by atoms with Gasteiger partial charge in [-0.2, -0.15) is 0 Å². The van der Waals surface area contributed by atoms with Gasteiger partial charge in [-0.1, -0.05) is 12.1 Å². The Morgan fingerprint density at radius 1 is 1.29 bits per heavy atom. The van der Waals surface area contributed by atoms with Crippen LogP contribution in [0.5, 0.6) is 0 Å². The van der Waals surface area contributed by atoms with Gasteiger partial charge in [-0.3, -0.25) is 4.98 Å². The summed E-state index contributed by atoms with van der Waals surface area (Å²) in [6, 6.07) is 9.91. The van der Waals surface area contributed by atoms with Crippen LogP contribution in [0.3, 0.4) is 0 Å². The van der Waals surface area contributed by atoms with E-state index in [-0.39, 0.29) is 11.9 Å². The van der Waals surface area contributed by atoms with Crippen LogP contribution in [0.2, 0.25) is 0 Å². The predicted octanol–water partition coefficient (Wildman–Crippen LogP) is 2.86. The molecule has 0 fully saturated rings. The molecule has 0 aliphatic carbocycles. The van der Waals surface area contributed by atoms with E-state index >= 15 is 0 Å². The fourth-order valence-corrected chi connectivity index (χ4v) is 1.89. The summed E-state index contributed by atoms with van der Waals surface area (Å²) in [5, 5.41) is 3.30. The molecule has 0 saturated carbocycles. The molecule has 1 aromatic heterocycles. The van der Waals surface area contributed by atoms with Crippen LogP contribution in [0.1, 0.15) is 34.6 Å². The summed E-state index contributed by atoms with van der Waals surface area (Å²) < 4.78 is 17.5. The molecular weight excluding hydrogens is 271 g/mol. The van der Waals surface area contributed by atoms with Crippen LogP contribution in [0.15, 0.2) is 42.6 Å². The number of esters is 1. The number of halogens is 1. The van der Waals surface area contributed by atoms with Gasteiger partial charge in [0.15, 0.2) is 0 Å². The van der Waals surface area contributed by atoms with Gasteiger partial charge < -0.3 is 10.1 Å². The van der Waals surface area contributed by atoms with E-state index in [0.717, 1.165) is 11.3 Å². The molecule has 0 amide bonds. The van der Waals surface area contributed by atoms with Crippen molar-refractivity contribution < 1.29 is 13.9 Å². The zero-order valence-electron chi connectivity index (χ0n) is 12.0. The second kappa shape index (κ2) is 6.95. The van der Waals surface area contributed by atoms with Crippen LogP contribution in [-0.4, -0.2) is 18.1 Å². The lowest BCUT2D eigenvalue weighted by Gasteiger charge is -2.14. The molecule has 4 nitrogen and oxygen atoms in total. The van der Waals surface area contributed by atoms with Crippen LogP contribution >= 0.6 is 0 Å². The van der Waals surface area contributed by atoms with Crippen molar-refractivity contribution in [2.45, 2.75) is 19.5 Å². The molecule has 0 radical (unpaired) electrons. The number of rotatable bonds is 5. The molecule has 1 atom stereocenters. The Hall–Kier alpha value is -2.27. The summed E-state index contributed by atoms with van der Waals surface area (Å²) in [4.78, 5) is 15.5. The normalized spacial score (nSPS) is 12.0. The van der Waals surface area contributed by atoms with Crippen molar-refractivity contribution in [2.75, 3.05) is 7.11 Å². The lowest BCUT2D eigenvalue weighted by Crippen LogP contribution is -2.19. The number of hydrogen-bond donors (Lipinski definition) is 1. The molecule has 110 valence electrons. The smallest absolute Gasteiger partial charge is 0.339 e. The first-order chi connectivity index (χ1) is 10.1. The average Bonchev–Trinajstić information content (AvgIpc) is 2.53. The topological polar surface area (TPSA) is 51.2 Å². The number of methoxy groups -OCH3 is 1. The fourth-order valence-electron chi connectivity index (χ4n) is 1.89. The number of carbonyl (C=O) groups is 1. The van der Waals surface area contributed by atoms with Crippen molar-refractivity contribution in [3.8, 4) is 0 Å². The monoisotopic (exact) mass is 288 g/mol. The number of nitrogens with zero attached hydrogens (tertiary/aromatic N) is 1. The van der Waals surface area contributed by atoms with E-state index in [1.54, 1.807) is 24.3 Å². The van der Waals surface area contributed by atoms with Crippen LogP contribution < -0.4 is 5.32 Å². The van der Waals surface area contributed by atoms with Crippen molar-refractivity contribution in [3.05, 3.63) is 65.2 Å². The Kier molecular flexibility index (Phi) is 5.00. The van der Waals surface area contributed by atoms with E-state index in [1.165, 1.54) is 25.4 Å². The Morgan fingerprint density at radius 2 is 2.00 bits per heavy atom. The summed E-state index contributed by atoms with van der Waals surface area (Å²) in [5.74, 6) is -0.646. The summed E-state index contributed by atoms with van der Waals surface area (Å²) in [7, 11) is 1.34. The maximum atomic E-state index is 12.9. The Morgan fingerprint density at radius 3 is 2.57 bits per heavy atom. The number of ether oxygens (including phenoxy) is 1. The van der Waals surface area contributed by atoms with Gasteiger partial charge in [-0.15, -0.1) is 0 Å². The first kappa shape index (κ1) is 15.1. The molecule has 0 bridgehead atoms. The molecule has 1 aromatic carbocycles. The largest absolute Gasteiger partial charge is 0.465 e. The minimum absolute atomic E-state index is 0.0766. The highest BCUT2D eigenvalue weighted by molar-refractivity contribution is 5.88. The van der Waals surface area contributed by atoms with E-state index in [4.69, 9.17) is 0 Å². The number of benzene rings is 1. The van der Waals surface area contributed by atoms with Crippen molar-refractivity contribution in [3.63, 3.8) is 0 Å². The Labute approximate surface area is 123 Å². The lowest BCUT2D eigenvalue weighted by atomic mass is 10.1. The summed E-state index contributed by atoms with van der Waals surface area (Å²) in [5.41, 5.74) is 2.24. The Bertz CT molecular complexity index is 597. The second-order valence-electron chi connectivity index (χ2n) is 4.68. The van der Waals surface area contributed by atoms with Crippen LogP contribution in [0.4, 0.5) is 4.39 Å². The third-order valence-electron chi connectivity index (χ3n) is 3.21. The third-order valence-corrected chi connectivity index (χ3v) is 3.21. The quantitative estimate of drug-likeness (QED) is 0.860. The summed E-state index contributed by atoms with van der Waals surface area (Å²) in [6.45, 7) is 2.55. The van der Waals surface area contributed by atoms with Crippen LogP contribution in [-0.2, 0) is 11.3 Å². The molecule has 1 N–H and O–H groups in total. The zero-order valence-corrected chi connectivity index (χ0v) is 12.0. The number of aromatic nitrogens is 1. The second-order valence-corrected chi connectivity index (χ2v) is 4.68. The molecule has 0 aliphatic rings. The minimum atomic E-state index is -0.401. The van der Waals surface area contributed by atoms with Gasteiger partial charge in [0.1, 0.15) is 5.82 Å². The molecule has 5 heteroatoms. The van der Waals surface area contributed by atoms with E-state index < -0.39 is 5.97 Å². The molecule has 0 aliphatic heterocycles. The highest BCUT2D eigenvalue weighted by atomic mass is 19.1. The number of hydrogen-bond acceptors (Lipinski definition) is 4. The molecule has 0 spiro atoms. The molecule has 0 unspecified atom stereocenters. The molecule has 0 saturated heterocycles. The van der Waals surface area contributed by atoms with Gasteiger partial charge in [0, 0.05) is 18.8 Å². The summed E-state index contributed by atoms with van der Waals surface area (Å²) in [6.07, 6.45) is 1.49. The molecule has 2 rings (SSSR count). The third kappa shape index (κ3) is 4.10. The van der Waals surface area contributed by atoms with Crippen molar-refractivity contribution in [1.82, 2.24) is 10.3 Å². The number of pyridine rings is 1. The van der Waals surface area contributed by atoms with Crippen LogP contribution in [0, 0.1) is 5.82 Å². The van der Waals surface area contributed by atoms with Crippen LogP contribution in [0.25, 0.3) is 0 Å². The first-order valence-corrected chi connectivity index (χ1v) is 6.62. The van der Waals surface area contributed by atoms with E-state index in [0.29, 0.717) is 12.1 Å². The highest BCUT2D eigenvalue weighted by Crippen LogP contribution is 2.13. The van der Waals surface area contributed by atoms with Gasteiger partial charge in [0.25, 0.3) is 0 Å². The van der Waals surface area contributed by atoms with Gasteiger partial charge in [0.2, 0.25) is 0 Å². The standard InChI is InChI=1S/C16H17FN2O2/c1-11(12-3-6-14(17)7-4-12)18-10-15-8-5-13(9-19-15)16(20)21-2/h3-9,11,18H,10H2,1-2H3/t11-/m1/s1. The zero-order chi connectivity index (χ0) is 15.2. The van der Waals surface area contributed by atoms with Gasteiger partial charge in [0.05, 0.1) is 18.4 Å². The van der Waals surface area contributed by atoms with Crippen molar-refractivity contribution in [1.29, 1.82) is 0 Å². The molecule has 1 heterocycles. The van der Waals surface area contributed by atoms with Crippen molar-refractivity contribution >= 4 is 5.97 Å². The van der Waals surface area contributed by atoms with Gasteiger partial charge in [-0.25, -0.2) is 9.18 Å². The Balaban J connectivity index is 1.93.